The Hall–Kier alpha value is -1.02. The number of hydrogen-bond acceptors (Lipinski definition) is 2. The zero-order valence-electron chi connectivity index (χ0n) is 13.1. The highest BCUT2D eigenvalue weighted by Gasteiger charge is 2.40. The Kier molecular flexibility index (Phi) is 3.66. The van der Waals surface area contributed by atoms with Gasteiger partial charge in [-0.25, -0.2) is 0 Å². The molecule has 0 amide bonds. The Labute approximate surface area is 128 Å². The summed E-state index contributed by atoms with van der Waals surface area (Å²) in [4.78, 5) is 0. The highest BCUT2D eigenvalue weighted by molar-refractivity contribution is 5.29. The molecule has 2 bridgehead atoms. The van der Waals surface area contributed by atoms with Gasteiger partial charge in [0.15, 0.2) is 0 Å². The highest BCUT2D eigenvalue weighted by atomic mass is 16.5. The number of ether oxygens (including phenoxy) is 1. The van der Waals surface area contributed by atoms with Gasteiger partial charge >= 0.3 is 0 Å². The molecule has 4 atom stereocenters. The molecule has 0 spiro atoms. The number of benzene rings is 1. The van der Waals surface area contributed by atoms with E-state index in [1.807, 2.05) is 0 Å². The molecule has 0 aromatic heterocycles. The molecule has 0 saturated heterocycles. The van der Waals surface area contributed by atoms with E-state index in [0.29, 0.717) is 12.1 Å². The third-order valence-corrected chi connectivity index (χ3v) is 5.88. The van der Waals surface area contributed by atoms with Gasteiger partial charge in [0, 0.05) is 6.04 Å². The van der Waals surface area contributed by atoms with Crippen molar-refractivity contribution in [2.45, 2.75) is 57.1 Å². The molecule has 1 aromatic rings. The quantitative estimate of drug-likeness (QED) is 0.840. The van der Waals surface area contributed by atoms with Crippen molar-refractivity contribution in [2.24, 2.45) is 17.8 Å². The van der Waals surface area contributed by atoms with Crippen LogP contribution in [0.2, 0.25) is 0 Å². The van der Waals surface area contributed by atoms with Gasteiger partial charge in [0.2, 0.25) is 0 Å². The van der Waals surface area contributed by atoms with Crippen molar-refractivity contribution in [1.82, 2.24) is 5.32 Å². The molecule has 4 unspecified atom stereocenters. The van der Waals surface area contributed by atoms with E-state index in [9.17, 15) is 0 Å². The molecule has 4 rings (SSSR count). The predicted octanol–water partition coefficient (Wildman–Crippen LogP) is 4.31. The van der Waals surface area contributed by atoms with Crippen molar-refractivity contribution in [3.63, 3.8) is 0 Å². The first-order valence-corrected chi connectivity index (χ1v) is 8.75. The molecule has 3 aliphatic rings. The van der Waals surface area contributed by atoms with Gasteiger partial charge in [-0.2, -0.15) is 0 Å². The third kappa shape index (κ3) is 2.96. The molecule has 2 nitrogen and oxygen atoms in total. The lowest BCUT2D eigenvalue weighted by atomic mass is 9.83. The van der Waals surface area contributed by atoms with E-state index in [0.717, 1.165) is 23.5 Å². The van der Waals surface area contributed by atoms with Gasteiger partial charge in [0.1, 0.15) is 5.75 Å². The average molecular weight is 285 g/mol. The van der Waals surface area contributed by atoms with Crippen LogP contribution in [0.1, 0.15) is 56.6 Å². The molecule has 3 saturated carbocycles. The van der Waals surface area contributed by atoms with Crippen molar-refractivity contribution >= 4 is 0 Å². The minimum Gasteiger partial charge on any atom is -0.490 e. The lowest BCUT2D eigenvalue weighted by Gasteiger charge is -2.27. The minimum absolute atomic E-state index is 0.491. The maximum absolute atomic E-state index is 5.85. The second kappa shape index (κ2) is 5.64. The largest absolute Gasteiger partial charge is 0.490 e. The van der Waals surface area contributed by atoms with Gasteiger partial charge in [0.25, 0.3) is 0 Å². The van der Waals surface area contributed by atoms with Crippen molar-refractivity contribution in [2.75, 3.05) is 7.05 Å². The minimum atomic E-state index is 0.491. The first-order valence-electron chi connectivity index (χ1n) is 8.75. The van der Waals surface area contributed by atoms with E-state index in [4.69, 9.17) is 4.74 Å². The molecular weight excluding hydrogens is 258 g/mol. The number of nitrogens with one attached hydrogen (secondary N) is 1. The van der Waals surface area contributed by atoms with E-state index in [1.165, 1.54) is 50.5 Å². The molecule has 2 heteroatoms. The van der Waals surface area contributed by atoms with Gasteiger partial charge in [-0.05, 0) is 81.0 Å². The van der Waals surface area contributed by atoms with Gasteiger partial charge in [-0.15, -0.1) is 0 Å². The lowest BCUT2D eigenvalue weighted by Crippen LogP contribution is -2.22. The standard InChI is InChI=1S/C19H27NO/c1-20-19(12-16-11-13-2-3-15(16)10-13)14-4-6-17(7-5-14)21-18-8-9-18/h4-7,13,15-16,18-20H,2-3,8-12H2,1H3. The molecular formula is C19H27NO. The Morgan fingerprint density at radius 3 is 2.48 bits per heavy atom. The number of rotatable bonds is 6. The second-order valence-corrected chi connectivity index (χ2v) is 7.40. The zero-order chi connectivity index (χ0) is 14.2. The summed E-state index contributed by atoms with van der Waals surface area (Å²) >= 11 is 0. The average Bonchev–Trinajstić information content (AvgIpc) is 3.08. The van der Waals surface area contributed by atoms with Gasteiger partial charge in [-0.3, -0.25) is 0 Å². The summed E-state index contributed by atoms with van der Waals surface area (Å²) in [6.07, 6.45) is 10.2. The van der Waals surface area contributed by atoms with Crippen LogP contribution < -0.4 is 10.1 Å². The van der Waals surface area contributed by atoms with Crippen LogP contribution >= 0.6 is 0 Å². The van der Waals surface area contributed by atoms with Crippen molar-refractivity contribution in [3.8, 4) is 5.75 Å². The summed E-state index contributed by atoms with van der Waals surface area (Å²) in [5, 5.41) is 3.54. The van der Waals surface area contributed by atoms with Crippen LogP contribution in [0.15, 0.2) is 24.3 Å². The Balaban J connectivity index is 1.40. The van der Waals surface area contributed by atoms with Crippen LogP contribution in [-0.4, -0.2) is 13.2 Å². The topological polar surface area (TPSA) is 21.3 Å². The summed E-state index contributed by atoms with van der Waals surface area (Å²) < 4.78 is 5.85. The Morgan fingerprint density at radius 2 is 1.90 bits per heavy atom. The molecule has 0 heterocycles. The lowest BCUT2D eigenvalue weighted by molar-refractivity contribution is 0.283. The molecule has 0 radical (unpaired) electrons. The van der Waals surface area contributed by atoms with Gasteiger partial charge < -0.3 is 10.1 Å². The molecule has 3 fully saturated rings. The first-order chi connectivity index (χ1) is 10.3. The van der Waals surface area contributed by atoms with Crippen molar-refractivity contribution in [3.05, 3.63) is 29.8 Å². The first kappa shape index (κ1) is 13.6. The van der Waals surface area contributed by atoms with Crippen LogP contribution in [0.25, 0.3) is 0 Å². The van der Waals surface area contributed by atoms with Crippen molar-refractivity contribution in [1.29, 1.82) is 0 Å². The van der Waals surface area contributed by atoms with E-state index >= 15 is 0 Å². The fourth-order valence-electron chi connectivity index (χ4n) is 4.55. The van der Waals surface area contributed by atoms with E-state index in [-0.39, 0.29) is 0 Å². The summed E-state index contributed by atoms with van der Waals surface area (Å²) in [5.74, 6) is 4.05. The van der Waals surface area contributed by atoms with Crippen molar-refractivity contribution < 1.29 is 4.74 Å². The van der Waals surface area contributed by atoms with Crippen LogP contribution in [0.5, 0.6) is 5.75 Å². The van der Waals surface area contributed by atoms with Gasteiger partial charge in [-0.1, -0.05) is 18.6 Å². The predicted molar refractivity (Wildman–Crippen MR) is 85.4 cm³/mol. The molecule has 1 aromatic carbocycles. The SMILES string of the molecule is CNC(CC1CC2CCC1C2)c1ccc(OC2CC2)cc1. The zero-order valence-corrected chi connectivity index (χ0v) is 13.1. The maximum Gasteiger partial charge on any atom is 0.119 e. The monoisotopic (exact) mass is 285 g/mol. The molecule has 21 heavy (non-hydrogen) atoms. The molecule has 1 N–H and O–H groups in total. The summed E-state index contributed by atoms with van der Waals surface area (Å²) in [6.45, 7) is 0. The smallest absolute Gasteiger partial charge is 0.119 e. The summed E-state index contributed by atoms with van der Waals surface area (Å²) in [7, 11) is 2.10. The van der Waals surface area contributed by atoms with Crippen LogP contribution in [0.4, 0.5) is 0 Å². The van der Waals surface area contributed by atoms with E-state index in [1.54, 1.807) is 0 Å². The second-order valence-electron chi connectivity index (χ2n) is 7.40. The fourth-order valence-corrected chi connectivity index (χ4v) is 4.55. The Morgan fingerprint density at radius 1 is 1.10 bits per heavy atom. The van der Waals surface area contributed by atoms with Crippen LogP contribution in [-0.2, 0) is 0 Å². The fraction of sp³-hybridized carbons (Fsp3) is 0.684. The van der Waals surface area contributed by atoms with E-state index in [2.05, 4.69) is 36.6 Å². The van der Waals surface area contributed by atoms with Crippen LogP contribution in [0.3, 0.4) is 0 Å². The molecule has 0 aliphatic heterocycles. The van der Waals surface area contributed by atoms with Crippen LogP contribution in [0, 0.1) is 17.8 Å². The normalized spacial score (nSPS) is 32.3. The Bertz CT molecular complexity index is 479. The molecule has 3 aliphatic carbocycles. The van der Waals surface area contributed by atoms with Gasteiger partial charge in [0.05, 0.1) is 6.10 Å². The highest BCUT2D eigenvalue weighted by Crippen LogP contribution is 2.50. The summed E-state index contributed by atoms with van der Waals surface area (Å²) in [6, 6.07) is 9.32. The number of hydrogen-bond donors (Lipinski definition) is 1. The molecule has 114 valence electrons. The van der Waals surface area contributed by atoms with E-state index < -0.39 is 0 Å². The number of fused-ring (bicyclic) bond motifs is 2. The summed E-state index contributed by atoms with van der Waals surface area (Å²) in [5.41, 5.74) is 1.42. The third-order valence-electron chi connectivity index (χ3n) is 5.88. The maximum atomic E-state index is 5.85.